The normalized spacial score (nSPS) is 10.4. The van der Waals surface area contributed by atoms with Gasteiger partial charge in [0.15, 0.2) is 5.78 Å². The van der Waals surface area contributed by atoms with Crippen molar-refractivity contribution in [1.82, 2.24) is 0 Å². The fourth-order valence-corrected chi connectivity index (χ4v) is 2.24. The maximum absolute atomic E-state index is 13.9. The standard InChI is InChI=1S/C15H12BrFO/c1-2-10-6-3-4-7-11(10)15(18)12-8-5-9-13(16)14(12)17/h3-9H,2H2,1H3. The second-order valence-electron chi connectivity index (χ2n) is 3.94. The Bertz CT molecular complexity index is 593. The van der Waals surface area contributed by atoms with E-state index in [4.69, 9.17) is 0 Å². The molecule has 0 fully saturated rings. The lowest BCUT2D eigenvalue weighted by molar-refractivity contribution is 0.103. The van der Waals surface area contributed by atoms with Crippen molar-refractivity contribution in [3.63, 3.8) is 0 Å². The van der Waals surface area contributed by atoms with Crippen molar-refractivity contribution in [2.45, 2.75) is 13.3 Å². The number of carbonyl (C=O) groups is 1. The van der Waals surface area contributed by atoms with E-state index in [-0.39, 0.29) is 11.3 Å². The van der Waals surface area contributed by atoms with E-state index >= 15 is 0 Å². The maximum Gasteiger partial charge on any atom is 0.196 e. The van der Waals surface area contributed by atoms with E-state index in [0.717, 1.165) is 12.0 Å². The minimum absolute atomic E-state index is 0.102. The lowest BCUT2D eigenvalue weighted by Gasteiger charge is -2.08. The third kappa shape index (κ3) is 2.36. The van der Waals surface area contributed by atoms with Gasteiger partial charge >= 0.3 is 0 Å². The highest BCUT2D eigenvalue weighted by molar-refractivity contribution is 9.10. The molecule has 0 bridgehead atoms. The van der Waals surface area contributed by atoms with Crippen LogP contribution in [0.5, 0.6) is 0 Å². The molecule has 0 heterocycles. The minimum atomic E-state index is -0.506. The molecule has 0 radical (unpaired) electrons. The Morgan fingerprint density at radius 2 is 1.78 bits per heavy atom. The van der Waals surface area contributed by atoms with Gasteiger partial charge in [-0.1, -0.05) is 37.3 Å². The summed E-state index contributed by atoms with van der Waals surface area (Å²) in [4.78, 5) is 12.3. The quantitative estimate of drug-likeness (QED) is 0.769. The van der Waals surface area contributed by atoms with Crippen LogP contribution < -0.4 is 0 Å². The monoisotopic (exact) mass is 306 g/mol. The van der Waals surface area contributed by atoms with E-state index in [9.17, 15) is 9.18 Å². The van der Waals surface area contributed by atoms with Crippen molar-refractivity contribution >= 4 is 21.7 Å². The number of ketones is 1. The van der Waals surface area contributed by atoms with Crippen LogP contribution in [0.1, 0.15) is 28.4 Å². The molecule has 0 N–H and O–H groups in total. The average Bonchev–Trinajstić information content (AvgIpc) is 2.41. The molecule has 0 amide bonds. The van der Waals surface area contributed by atoms with Gasteiger partial charge in [0.1, 0.15) is 5.82 Å². The van der Waals surface area contributed by atoms with Crippen molar-refractivity contribution in [1.29, 1.82) is 0 Å². The zero-order valence-electron chi connectivity index (χ0n) is 9.91. The second kappa shape index (κ2) is 5.44. The Labute approximate surface area is 114 Å². The van der Waals surface area contributed by atoms with Gasteiger partial charge < -0.3 is 0 Å². The molecule has 0 aromatic heterocycles. The first kappa shape index (κ1) is 13.0. The average molecular weight is 307 g/mol. The molecule has 18 heavy (non-hydrogen) atoms. The molecule has 1 nitrogen and oxygen atoms in total. The Hall–Kier alpha value is -1.48. The molecule has 0 saturated heterocycles. The molecule has 3 heteroatoms. The van der Waals surface area contributed by atoms with Gasteiger partial charge in [-0.15, -0.1) is 0 Å². The SMILES string of the molecule is CCc1ccccc1C(=O)c1cccc(Br)c1F. The summed E-state index contributed by atoms with van der Waals surface area (Å²) < 4.78 is 14.2. The highest BCUT2D eigenvalue weighted by Gasteiger charge is 2.17. The second-order valence-corrected chi connectivity index (χ2v) is 4.80. The Morgan fingerprint density at radius 1 is 1.11 bits per heavy atom. The van der Waals surface area contributed by atoms with Gasteiger partial charge in [0.2, 0.25) is 0 Å². The molecule has 0 unspecified atom stereocenters. The van der Waals surface area contributed by atoms with Crippen LogP contribution in [0.3, 0.4) is 0 Å². The fourth-order valence-electron chi connectivity index (χ4n) is 1.87. The van der Waals surface area contributed by atoms with Crippen LogP contribution in [-0.2, 0) is 6.42 Å². The molecule has 2 rings (SSSR count). The number of rotatable bonds is 3. The van der Waals surface area contributed by atoms with E-state index in [1.165, 1.54) is 6.07 Å². The Balaban J connectivity index is 2.52. The Morgan fingerprint density at radius 3 is 2.50 bits per heavy atom. The van der Waals surface area contributed by atoms with Crippen LogP contribution in [0.2, 0.25) is 0 Å². The lowest BCUT2D eigenvalue weighted by atomic mass is 9.97. The molecule has 0 spiro atoms. The number of halogens is 2. The highest BCUT2D eigenvalue weighted by Crippen LogP contribution is 2.22. The van der Waals surface area contributed by atoms with Crippen LogP contribution in [0, 0.1) is 5.82 Å². The van der Waals surface area contributed by atoms with Crippen LogP contribution >= 0.6 is 15.9 Å². The van der Waals surface area contributed by atoms with E-state index < -0.39 is 5.82 Å². The van der Waals surface area contributed by atoms with Gasteiger partial charge in [0, 0.05) is 5.56 Å². The van der Waals surface area contributed by atoms with Crippen LogP contribution in [0.4, 0.5) is 4.39 Å². The molecule has 0 saturated carbocycles. The van der Waals surface area contributed by atoms with Crippen molar-refractivity contribution in [2.75, 3.05) is 0 Å². The van der Waals surface area contributed by atoms with E-state index in [2.05, 4.69) is 15.9 Å². The number of benzene rings is 2. The van der Waals surface area contributed by atoms with Crippen molar-refractivity contribution in [3.8, 4) is 0 Å². The summed E-state index contributed by atoms with van der Waals surface area (Å²) in [5.74, 6) is -0.778. The van der Waals surface area contributed by atoms with Gasteiger partial charge in [-0.25, -0.2) is 4.39 Å². The summed E-state index contributed by atoms with van der Waals surface area (Å²) >= 11 is 3.10. The van der Waals surface area contributed by atoms with Crippen LogP contribution in [0.25, 0.3) is 0 Å². The number of hydrogen-bond acceptors (Lipinski definition) is 1. The summed E-state index contributed by atoms with van der Waals surface area (Å²) in [6.07, 6.45) is 0.748. The van der Waals surface area contributed by atoms with Gasteiger partial charge in [0.25, 0.3) is 0 Å². The predicted octanol–water partition coefficient (Wildman–Crippen LogP) is 4.38. The third-order valence-electron chi connectivity index (χ3n) is 2.84. The number of aryl methyl sites for hydroxylation is 1. The van der Waals surface area contributed by atoms with Crippen molar-refractivity contribution in [2.24, 2.45) is 0 Å². The summed E-state index contributed by atoms with van der Waals surface area (Å²) in [5, 5.41) is 0. The highest BCUT2D eigenvalue weighted by atomic mass is 79.9. The zero-order chi connectivity index (χ0) is 13.1. The first-order valence-electron chi connectivity index (χ1n) is 5.71. The maximum atomic E-state index is 13.9. The van der Waals surface area contributed by atoms with Crippen molar-refractivity contribution < 1.29 is 9.18 Å². The van der Waals surface area contributed by atoms with E-state index in [1.54, 1.807) is 24.3 Å². The summed E-state index contributed by atoms with van der Waals surface area (Å²) in [5.41, 5.74) is 1.60. The minimum Gasteiger partial charge on any atom is -0.288 e. The summed E-state index contributed by atoms with van der Waals surface area (Å²) in [6.45, 7) is 1.98. The first-order chi connectivity index (χ1) is 8.65. The topological polar surface area (TPSA) is 17.1 Å². The Kier molecular flexibility index (Phi) is 3.92. The van der Waals surface area contributed by atoms with Gasteiger partial charge in [0.05, 0.1) is 10.0 Å². The first-order valence-corrected chi connectivity index (χ1v) is 6.51. The summed E-state index contributed by atoms with van der Waals surface area (Å²) in [6, 6.07) is 12.1. The predicted molar refractivity (Wildman–Crippen MR) is 73.4 cm³/mol. The fraction of sp³-hybridized carbons (Fsp3) is 0.133. The summed E-state index contributed by atoms with van der Waals surface area (Å²) in [7, 11) is 0. The van der Waals surface area contributed by atoms with E-state index in [1.807, 2.05) is 19.1 Å². The van der Waals surface area contributed by atoms with Crippen LogP contribution in [0.15, 0.2) is 46.9 Å². The third-order valence-corrected chi connectivity index (χ3v) is 3.45. The van der Waals surface area contributed by atoms with Gasteiger partial charge in [-0.05, 0) is 40.0 Å². The molecule has 0 aliphatic rings. The zero-order valence-corrected chi connectivity index (χ0v) is 11.5. The number of hydrogen-bond donors (Lipinski definition) is 0. The molecule has 0 aliphatic heterocycles. The van der Waals surface area contributed by atoms with Gasteiger partial charge in [-0.2, -0.15) is 0 Å². The smallest absolute Gasteiger partial charge is 0.196 e. The number of carbonyl (C=O) groups excluding carboxylic acids is 1. The largest absolute Gasteiger partial charge is 0.288 e. The molecular weight excluding hydrogens is 295 g/mol. The molecule has 2 aromatic carbocycles. The molecule has 0 aliphatic carbocycles. The van der Waals surface area contributed by atoms with Gasteiger partial charge in [-0.3, -0.25) is 4.79 Å². The molecule has 2 aromatic rings. The molecule has 0 atom stereocenters. The van der Waals surface area contributed by atoms with Crippen molar-refractivity contribution in [3.05, 3.63) is 69.4 Å². The van der Waals surface area contributed by atoms with Crippen LogP contribution in [-0.4, -0.2) is 5.78 Å². The molecular formula is C15H12BrFO. The molecule has 92 valence electrons. The van der Waals surface area contributed by atoms with E-state index in [0.29, 0.717) is 10.0 Å². The lowest BCUT2D eigenvalue weighted by Crippen LogP contribution is -2.07.